The van der Waals surface area contributed by atoms with Gasteiger partial charge in [-0.1, -0.05) is 20.8 Å². The summed E-state index contributed by atoms with van der Waals surface area (Å²) in [5.41, 5.74) is -0.626. The molecule has 1 atom stereocenters. The number of esters is 1. The minimum absolute atomic E-state index is 0.0214. The Balaban J connectivity index is 4.50. The summed E-state index contributed by atoms with van der Waals surface area (Å²) in [6.07, 6.45) is 0.579. The second-order valence-electron chi connectivity index (χ2n) is 4.72. The normalized spacial score (nSPS) is 12.7. The SMILES string of the molecule is CCC(C)(C)C(=O)NC(CCC(=O)OC)C(=O)O. The van der Waals surface area contributed by atoms with Crippen LogP contribution in [0.1, 0.15) is 40.0 Å². The average Bonchev–Trinajstić information content (AvgIpc) is 2.32. The maximum Gasteiger partial charge on any atom is 0.326 e. The van der Waals surface area contributed by atoms with Crippen LogP contribution in [0.15, 0.2) is 0 Å². The van der Waals surface area contributed by atoms with Crippen molar-refractivity contribution in [1.82, 2.24) is 5.32 Å². The average molecular weight is 259 g/mol. The fourth-order valence-corrected chi connectivity index (χ4v) is 1.14. The van der Waals surface area contributed by atoms with Crippen molar-refractivity contribution >= 4 is 17.8 Å². The van der Waals surface area contributed by atoms with Crippen LogP contribution in [-0.2, 0) is 19.1 Å². The number of amides is 1. The van der Waals surface area contributed by atoms with Gasteiger partial charge in [0.25, 0.3) is 0 Å². The summed E-state index contributed by atoms with van der Waals surface area (Å²) in [5, 5.41) is 11.4. The van der Waals surface area contributed by atoms with Crippen LogP contribution < -0.4 is 5.32 Å². The Morgan fingerprint density at radius 2 is 1.89 bits per heavy atom. The molecule has 0 aliphatic heterocycles. The van der Waals surface area contributed by atoms with E-state index < -0.39 is 23.4 Å². The van der Waals surface area contributed by atoms with Gasteiger partial charge in [-0.05, 0) is 12.8 Å². The van der Waals surface area contributed by atoms with Gasteiger partial charge in [-0.15, -0.1) is 0 Å². The van der Waals surface area contributed by atoms with Crippen LogP contribution in [0.2, 0.25) is 0 Å². The van der Waals surface area contributed by atoms with E-state index in [9.17, 15) is 14.4 Å². The molecule has 0 aliphatic carbocycles. The first kappa shape index (κ1) is 16.4. The van der Waals surface area contributed by atoms with Gasteiger partial charge in [0.1, 0.15) is 6.04 Å². The molecule has 0 aromatic heterocycles. The third-order valence-electron chi connectivity index (χ3n) is 2.97. The number of carbonyl (C=O) groups is 3. The Hall–Kier alpha value is -1.59. The molecule has 0 fully saturated rings. The highest BCUT2D eigenvalue weighted by Crippen LogP contribution is 2.20. The number of carboxylic acid groups (broad SMARTS) is 1. The van der Waals surface area contributed by atoms with Gasteiger partial charge in [-0.2, -0.15) is 0 Å². The summed E-state index contributed by atoms with van der Waals surface area (Å²) >= 11 is 0. The fraction of sp³-hybridized carbons (Fsp3) is 0.750. The number of methoxy groups -OCH3 is 1. The first-order valence-electron chi connectivity index (χ1n) is 5.85. The molecular formula is C12H21NO5. The van der Waals surface area contributed by atoms with Crippen molar-refractivity contribution in [3.63, 3.8) is 0 Å². The Morgan fingerprint density at radius 1 is 1.33 bits per heavy atom. The highest BCUT2D eigenvalue weighted by Gasteiger charge is 2.29. The lowest BCUT2D eigenvalue weighted by atomic mass is 9.89. The zero-order valence-corrected chi connectivity index (χ0v) is 11.3. The maximum absolute atomic E-state index is 11.8. The third-order valence-corrected chi connectivity index (χ3v) is 2.97. The van der Waals surface area contributed by atoms with E-state index in [0.29, 0.717) is 6.42 Å². The Labute approximate surface area is 107 Å². The molecule has 0 rings (SSSR count). The fourth-order valence-electron chi connectivity index (χ4n) is 1.14. The van der Waals surface area contributed by atoms with Crippen molar-refractivity contribution in [2.24, 2.45) is 5.41 Å². The van der Waals surface area contributed by atoms with Crippen molar-refractivity contribution in [2.45, 2.75) is 46.1 Å². The van der Waals surface area contributed by atoms with Crippen molar-refractivity contribution < 1.29 is 24.2 Å². The molecule has 6 heteroatoms. The van der Waals surface area contributed by atoms with E-state index in [4.69, 9.17) is 5.11 Å². The standard InChI is InChI=1S/C12H21NO5/c1-5-12(2,3)11(17)13-8(10(15)16)6-7-9(14)18-4/h8H,5-7H2,1-4H3,(H,13,17)(H,15,16). The second kappa shape index (κ2) is 6.98. The van der Waals surface area contributed by atoms with E-state index in [-0.39, 0.29) is 18.7 Å². The predicted molar refractivity (Wildman–Crippen MR) is 64.9 cm³/mol. The van der Waals surface area contributed by atoms with Gasteiger partial charge in [0.2, 0.25) is 5.91 Å². The molecule has 104 valence electrons. The highest BCUT2D eigenvalue weighted by molar-refractivity contribution is 5.87. The van der Waals surface area contributed by atoms with E-state index >= 15 is 0 Å². The van der Waals surface area contributed by atoms with Crippen LogP contribution in [0.25, 0.3) is 0 Å². The van der Waals surface area contributed by atoms with Gasteiger partial charge in [0, 0.05) is 11.8 Å². The predicted octanol–water partition coefficient (Wildman–Crippen LogP) is 0.945. The molecule has 6 nitrogen and oxygen atoms in total. The van der Waals surface area contributed by atoms with Gasteiger partial charge in [-0.3, -0.25) is 9.59 Å². The summed E-state index contributed by atoms with van der Waals surface area (Å²) < 4.78 is 4.43. The number of rotatable bonds is 7. The second-order valence-corrected chi connectivity index (χ2v) is 4.72. The molecule has 18 heavy (non-hydrogen) atoms. The molecule has 0 saturated heterocycles. The van der Waals surface area contributed by atoms with Gasteiger partial charge in [-0.25, -0.2) is 4.79 Å². The van der Waals surface area contributed by atoms with Gasteiger partial charge in [0.05, 0.1) is 7.11 Å². The smallest absolute Gasteiger partial charge is 0.326 e. The van der Waals surface area contributed by atoms with Crippen LogP contribution in [0, 0.1) is 5.41 Å². The van der Waals surface area contributed by atoms with Gasteiger partial charge < -0.3 is 15.2 Å². The van der Waals surface area contributed by atoms with E-state index in [1.54, 1.807) is 13.8 Å². The molecule has 0 radical (unpaired) electrons. The molecule has 0 aliphatic rings. The number of ether oxygens (including phenoxy) is 1. The van der Waals surface area contributed by atoms with Crippen molar-refractivity contribution in [3.05, 3.63) is 0 Å². The molecule has 0 aromatic carbocycles. The summed E-state index contributed by atoms with van der Waals surface area (Å²) in [5.74, 6) is -1.98. The monoisotopic (exact) mass is 259 g/mol. The lowest BCUT2D eigenvalue weighted by Gasteiger charge is -2.24. The Kier molecular flexibility index (Phi) is 6.36. The summed E-state index contributed by atoms with van der Waals surface area (Å²) in [4.78, 5) is 33.8. The van der Waals surface area contributed by atoms with Crippen molar-refractivity contribution in [2.75, 3.05) is 7.11 Å². The summed E-state index contributed by atoms with van der Waals surface area (Å²) in [6.45, 7) is 5.33. The van der Waals surface area contributed by atoms with Gasteiger partial charge in [0.15, 0.2) is 0 Å². The molecule has 0 saturated carbocycles. The molecule has 1 amide bonds. The quantitative estimate of drug-likeness (QED) is 0.664. The first-order valence-corrected chi connectivity index (χ1v) is 5.85. The van der Waals surface area contributed by atoms with E-state index in [1.807, 2.05) is 6.92 Å². The van der Waals surface area contributed by atoms with Crippen LogP contribution >= 0.6 is 0 Å². The number of nitrogens with one attached hydrogen (secondary N) is 1. The molecule has 2 N–H and O–H groups in total. The van der Waals surface area contributed by atoms with Crippen molar-refractivity contribution in [1.29, 1.82) is 0 Å². The van der Waals surface area contributed by atoms with Crippen LogP contribution in [0.4, 0.5) is 0 Å². The van der Waals surface area contributed by atoms with Gasteiger partial charge >= 0.3 is 11.9 Å². The van der Waals surface area contributed by atoms with E-state index in [2.05, 4.69) is 10.1 Å². The largest absolute Gasteiger partial charge is 0.480 e. The molecule has 1 unspecified atom stereocenters. The number of hydrogen-bond acceptors (Lipinski definition) is 4. The molecule has 0 heterocycles. The van der Waals surface area contributed by atoms with Crippen molar-refractivity contribution in [3.8, 4) is 0 Å². The number of aliphatic carboxylic acids is 1. The summed E-state index contributed by atoms with van der Waals surface area (Å²) in [7, 11) is 1.23. The van der Waals surface area contributed by atoms with E-state index in [0.717, 1.165) is 0 Å². The molecule has 0 bridgehead atoms. The van der Waals surface area contributed by atoms with E-state index in [1.165, 1.54) is 7.11 Å². The maximum atomic E-state index is 11.8. The topological polar surface area (TPSA) is 92.7 Å². The number of hydrogen-bond donors (Lipinski definition) is 2. The molecular weight excluding hydrogens is 238 g/mol. The minimum atomic E-state index is -1.15. The minimum Gasteiger partial charge on any atom is -0.480 e. The Morgan fingerprint density at radius 3 is 2.28 bits per heavy atom. The van der Waals surface area contributed by atoms with Crippen LogP contribution in [-0.4, -0.2) is 36.1 Å². The highest BCUT2D eigenvalue weighted by atomic mass is 16.5. The lowest BCUT2D eigenvalue weighted by molar-refractivity contribution is -0.145. The summed E-state index contributed by atoms with van der Waals surface area (Å²) in [6, 6.07) is -1.07. The van der Waals surface area contributed by atoms with Crippen LogP contribution in [0.5, 0.6) is 0 Å². The zero-order valence-electron chi connectivity index (χ0n) is 11.3. The third kappa shape index (κ3) is 5.16. The number of carbonyl (C=O) groups excluding carboxylic acids is 2. The molecule has 0 spiro atoms. The molecule has 0 aromatic rings. The first-order chi connectivity index (χ1) is 8.24. The zero-order chi connectivity index (χ0) is 14.3. The Bertz CT molecular complexity index is 324. The van der Waals surface area contributed by atoms with Crippen LogP contribution in [0.3, 0.4) is 0 Å². The number of carboxylic acids is 1. The lowest BCUT2D eigenvalue weighted by Crippen LogP contribution is -2.46.